The number of carbonyl (C=O) groups is 1. The maximum absolute atomic E-state index is 11.5. The van der Waals surface area contributed by atoms with Crippen molar-refractivity contribution in [1.82, 2.24) is 5.32 Å². The van der Waals surface area contributed by atoms with Crippen molar-refractivity contribution in [2.45, 2.75) is 20.3 Å². The number of nitrogens with one attached hydrogen (secondary N) is 2. The lowest BCUT2D eigenvalue weighted by molar-refractivity contribution is -0.120. The third-order valence-electron chi connectivity index (χ3n) is 2.43. The minimum Gasteiger partial charge on any atom is -0.399 e. The molecule has 4 nitrogen and oxygen atoms in total. The van der Waals surface area contributed by atoms with Crippen LogP contribution in [0.1, 0.15) is 20.3 Å². The molecule has 0 bridgehead atoms. The van der Waals surface area contributed by atoms with Crippen LogP contribution in [0.2, 0.25) is 10.0 Å². The van der Waals surface area contributed by atoms with Crippen LogP contribution in [-0.4, -0.2) is 19.0 Å². The van der Waals surface area contributed by atoms with E-state index >= 15 is 0 Å². The first kappa shape index (κ1) is 15.9. The molecule has 0 heterocycles. The fourth-order valence-electron chi connectivity index (χ4n) is 1.47. The standard InChI is InChI=1S/C13H19Cl2N3O/c1-8(2)7-18-12(19)3-4-17-13-10(14)5-9(16)6-11(13)15/h5-6,8,17H,3-4,7,16H2,1-2H3,(H,18,19). The summed E-state index contributed by atoms with van der Waals surface area (Å²) in [6, 6.07) is 3.24. The van der Waals surface area contributed by atoms with Gasteiger partial charge in [0.15, 0.2) is 0 Å². The average Bonchev–Trinajstić information content (AvgIpc) is 2.29. The van der Waals surface area contributed by atoms with Gasteiger partial charge in [-0.05, 0) is 18.1 Å². The van der Waals surface area contributed by atoms with Crippen LogP contribution in [-0.2, 0) is 4.79 Å². The van der Waals surface area contributed by atoms with Crippen molar-refractivity contribution in [3.05, 3.63) is 22.2 Å². The molecule has 0 atom stereocenters. The predicted octanol–water partition coefficient (Wildman–Crippen LogP) is 3.15. The molecule has 0 unspecified atom stereocenters. The minimum atomic E-state index is 0.00360. The summed E-state index contributed by atoms with van der Waals surface area (Å²) in [5, 5.41) is 6.79. The van der Waals surface area contributed by atoms with Gasteiger partial charge in [0.25, 0.3) is 0 Å². The molecule has 19 heavy (non-hydrogen) atoms. The molecule has 0 aliphatic heterocycles. The van der Waals surface area contributed by atoms with E-state index in [1.165, 1.54) is 0 Å². The zero-order chi connectivity index (χ0) is 14.4. The molecule has 4 N–H and O–H groups in total. The molecule has 0 aliphatic rings. The van der Waals surface area contributed by atoms with E-state index in [1.807, 2.05) is 13.8 Å². The lowest BCUT2D eigenvalue weighted by Gasteiger charge is -2.12. The van der Waals surface area contributed by atoms with Gasteiger partial charge in [0.2, 0.25) is 5.91 Å². The SMILES string of the molecule is CC(C)CNC(=O)CCNc1c(Cl)cc(N)cc1Cl. The number of anilines is 2. The lowest BCUT2D eigenvalue weighted by atomic mass is 10.2. The summed E-state index contributed by atoms with van der Waals surface area (Å²) >= 11 is 12.1. The van der Waals surface area contributed by atoms with Gasteiger partial charge in [0.1, 0.15) is 0 Å². The highest BCUT2D eigenvalue weighted by Crippen LogP contribution is 2.32. The van der Waals surface area contributed by atoms with Crippen LogP contribution < -0.4 is 16.4 Å². The Morgan fingerprint density at radius 2 is 1.89 bits per heavy atom. The summed E-state index contributed by atoms with van der Waals surface area (Å²) in [6.45, 7) is 5.24. The van der Waals surface area contributed by atoms with E-state index in [2.05, 4.69) is 10.6 Å². The van der Waals surface area contributed by atoms with Crippen LogP contribution in [0.4, 0.5) is 11.4 Å². The van der Waals surface area contributed by atoms with Crippen LogP contribution >= 0.6 is 23.2 Å². The number of hydrogen-bond acceptors (Lipinski definition) is 3. The van der Waals surface area contributed by atoms with Gasteiger partial charge < -0.3 is 16.4 Å². The normalized spacial score (nSPS) is 10.6. The number of benzene rings is 1. The predicted molar refractivity (Wildman–Crippen MR) is 81.8 cm³/mol. The summed E-state index contributed by atoms with van der Waals surface area (Å²) in [5.74, 6) is 0.446. The van der Waals surface area contributed by atoms with Crippen LogP contribution in [0.25, 0.3) is 0 Å². The van der Waals surface area contributed by atoms with E-state index in [0.717, 1.165) is 0 Å². The number of carbonyl (C=O) groups excluding carboxylic acids is 1. The van der Waals surface area contributed by atoms with Gasteiger partial charge in [-0.15, -0.1) is 0 Å². The Hall–Kier alpha value is -1.13. The molecular formula is C13H19Cl2N3O. The fourth-order valence-corrected chi connectivity index (χ4v) is 2.11. The Bertz CT molecular complexity index is 427. The number of amides is 1. The second-order valence-corrected chi connectivity index (χ2v) is 5.55. The molecule has 1 rings (SSSR count). The highest BCUT2D eigenvalue weighted by atomic mass is 35.5. The van der Waals surface area contributed by atoms with Crippen LogP contribution in [0.3, 0.4) is 0 Å². The van der Waals surface area contributed by atoms with Crippen molar-refractivity contribution in [2.75, 3.05) is 24.1 Å². The van der Waals surface area contributed by atoms with Crippen molar-refractivity contribution in [2.24, 2.45) is 5.92 Å². The van der Waals surface area contributed by atoms with Crippen LogP contribution in [0.5, 0.6) is 0 Å². The van der Waals surface area contributed by atoms with Crippen molar-refractivity contribution in [1.29, 1.82) is 0 Å². The first-order valence-corrected chi connectivity index (χ1v) is 6.91. The van der Waals surface area contributed by atoms with Gasteiger partial charge in [-0.1, -0.05) is 37.0 Å². The van der Waals surface area contributed by atoms with E-state index in [4.69, 9.17) is 28.9 Å². The van der Waals surface area contributed by atoms with Crippen LogP contribution in [0, 0.1) is 5.92 Å². The largest absolute Gasteiger partial charge is 0.399 e. The highest BCUT2D eigenvalue weighted by Gasteiger charge is 2.08. The zero-order valence-electron chi connectivity index (χ0n) is 11.1. The molecule has 1 aromatic rings. The van der Waals surface area contributed by atoms with E-state index < -0.39 is 0 Å². The first-order valence-electron chi connectivity index (χ1n) is 6.15. The van der Waals surface area contributed by atoms with Gasteiger partial charge in [-0.25, -0.2) is 0 Å². The topological polar surface area (TPSA) is 67.2 Å². The molecule has 0 radical (unpaired) electrons. The molecule has 0 aliphatic carbocycles. The summed E-state index contributed by atoms with van der Waals surface area (Å²) < 4.78 is 0. The van der Waals surface area contributed by atoms with E-state index in [-0.39, 0.29) is 5.91 Å². The molecule has 0 fully saturated rings. The van der Waals surface area contributed by atoms with Crippen molar-refractivity contribution >= 4 is 40.5 Å². The first-order chi connectivity index (χ1) is 8.90. The van der Waals surface area contributed by atoms with E-state index in [0.29, 0.717) is 46.8 Å². The van der Waals surface area contributed by atoms with Gasteiger partial charge in [0.05, 0.1) is 15.7 Å². The number of halogens is 2. The average molecular weight is 304 g/mol. The molecule has 0 aromatic heterocycles. The summed E-state index contributed by atoms with van der Waals surface area (Å²) in [5.41, 5.74) is 6.73. The molecule has 1 aromatic carbocycles. The van der Waals surface area contributed by atoms with Gasteiger partial charge in [0, 0.05) is 25.2 Å². The molecular weight excluding hydrogens is 285 g/mol. The molecule has 0 spiro atoms. The van der Waals surface area contributed by atoms with Gasteiger partial charge in [-0.2, -0.15) is 0 Å². The fraction of sp³-hybridized carbons (Fsp3) is 0.462. The Morgan fingerprint density at radius 3 is 2.42 bits per heavy atom. The summed E-state index contributed by atoms with van der Waals surface area (Å²) in [7, 11) is 0. The van der Waals surface area contributed by atoms with Crippen LogP contribution in [0.15, 0.2) is 12.1 Å². The van der Waals surface area contributed by atoms with E-state index in [9.17, 15) is 4.79 Å². The Balaban J connectivity index is 2.43. The smallest absolute Gasteiger partial charge is 0.221 e. The molecule has 6 heteroatoms. The quantitative estimate of drug-likeness (QED) is 0.707. The third-order valence-corrected chi connectivity index (χ3v) is 3.02. The van der Waals surface area contributed by atoms with E-state index in [1.54, 1.807) is 12.1 Å². The highest BCUT2D eigenvalue weighted by molar-refractivity contribution is 6.39. The minimum absolute atomic E-state index is 0.00360. The van der Waals surface area contributed by atoms with Gasteiger partial charge >= 0.3 is 0 Å². The summed E-state index contributed by atoms with van der Waals surface area (Å²) in [6.07, 6.45) is 0.365. The molecule has 0 saturated carbocycles. The molecule has 0 saturated heterocycles. The Kier molecular flexibility index (Phi) is 6.25. The number of rotatable bonds is 6. The second-order valence-electron chi connectivity index (χ2n) is 4.73. The third kappa shape index (κ3) is 5.57. The molecule has 106 valence electrons. The monoisotopic (exact) mass is 303 g/mol. The van der Waals surface area contributed by atoms with Crippen molar-refractivity contribution in [3.8, 4) is 0 Å². The Labute approximate surface area is 123 Å². The molecule has 1 amide bonds. The second kappa shape index (κ2) is 7.46. The van der Waals surface area contributed by atoms with Gasteiger partial charge in [-0.3, -0.25) is 4.79 Å². The van der Waals surface area contributed by atoms with Crippen molar-refractivity contribution in [3.63, 3.8) is 0 Å². The Morgan fingerprint density at radius 1 is 1.32 bits per heavy atom. The number of nitrogens with two attached hydrogens (primary N) is 1. The maximum Gasteiger partial charge on any atom is 0.221 e. The zero-order valence-corrected chi connectivity index (χ0v) is 12.6. The number of hydrogen-bond donors (Lipinski definition) is 3. The van der Waals surface area contributed by atoms with Crippen molar-refractivity contribution < 1.29 is 4.79 Å². The maximum atomic E-state index is 11.5. The number of nitrogen functional groups attached to an aromatic ring is 1. The lowest BCUT2D eigenvalue weighted by Crippen LogP contribution is -2.28. The summed E-state index contributed by atoms with van der Waals surface area (Å²) in [4.78, 5) is 11.5.